The van der Waals surface area contributed by atoms with Crippen LogP contribution in [0.4, 0.5) is 0 Å². The number of para-hydroxylation sites is 2. The predicted molar refractivity (Wildman–Crippen MR) is 76.8 cm³/mol. The quantitative estimate of drug-likeness (QED) is 0.789. The Kier molecular flexibility index (Phi) is 2.97. The highest BCUT2D eigenvalue weighted by Gasteiger charge is 2.32. The van der Waals surface area contributed by atoms with Gasteiger partial charge in [0.1, 0.15) is 11.4 Å². The van der Waals surface area contributed by atoms with Crippen molar-refractivity contribution in [2.24, 2.45) is 0 Å². The third-order valence-corrected chi connectivity index (χ3v) is 3.32. The first-order chi connectivity index (χ1) is 9.59. The fourth-order valence-corrected chi connectivity index (χ4v) is 2.46. The van der Waals surface area contributed by atoms with Gasteiger partial charge in [0.25, 0.3) is 0 Å². The molecule has 2 aromatic carbocycles. The van der Waals surface area contributed by atoms with Crippen LogP contribution < -0.4 is 9.47 Å². The minimum absolute atomic E-state index is 0.216. The van der Waals surface area contributed by atoms with Crippen molar-refractivity contribution in [2.75, 3.05) is 0 Å². The minimum Gasteiger partial charge on any atom is -0.483 e. The summed E-state index contributed by atoms with van der Waals surface area (Å²) in [5, 5.41) is 0. The zero-order valence-corrected chi connectivity index (χ0v) is 11.6. The maximum absolute atomic E-state index is 11.0. The van der Waals surface area contributed by atoms with Crippen molar-refractivity contribution in [3.8, 4) is 17.2 Å². The van der Waals surface area contributed by atoms with E-state index in [1.807, 2.05) is 30.3 Å². The molecule has 0 saturated heterocycles. The molecule has 0 atom stereocenters. The molecular formula is C17H16O3. The Morgan fingerprint density at radius 1 is 1.10 bits per heavy atom. The van der Waals surface area contributed by atoms with Crippen LogP contribution in [0.3, 0.4) is 0 Å². The van der Waals surface area contributed by atoms with Crippen LogP contribution in [0.1, 0.15) is 29.8 Å². The lowest BCUT2D eigenvalue weighted by atomic mass is 10.0. The van der Waals surface area contributed by atoms with Gasteiger partial charge in [-0.1, -0.05) is 24.3 Å². The number of hydrogen-bond donors (Lipinski definition) is 0. The van der Waals surface area contributed by atoms with E-state index in [2.05, 4.69) is 13.8 Å². The van der Waals surface area contributed by atoms with E-state index in [9.17, 15) is 4.79 Å². The fraction of sp³-hybridized carbons (Fsp3) is 0.235. The predicted octanol–water partition coefficient (Wildman–Crippen LogP) is 4.00. The normalized spacial score (nSPS) is 15.3. The maximum atomic E-state index is 11.0. The Hall–Kier alpha value is -2.29. The van der Waals surface area contributed by atoms with E-state index in [0.29, 0.717) is 17.1 Å². The summed E-state index contributed by atoms with van der Waals surface area (Å²) < 4.78 is 11.8. The van der Waals surface area contributed by atoms with Crippen LogP contribution in [0.15, 0.2) is 42.5 Å². The van der Waals surface area contributed by atoms with Gasteiger partial charge < -0.3 is 9.47 Å². The van der Waals surface area contributed by atoms with E-state index in [1.54, 1.807) is 12.1 Å². The van der Waals surface area contributed by atoms with Crippen LogP contribution in [-0.4, -0.2) is 11.9 Å². The Morgan fingerprint density at radius 2 is 1.85 bits per heavy atom. The number of benzene rings is 2. The second-order valence-electron chi connectivity index (χ2n) is 5.54. The topological polar surface area (TPSA) is 35.5 Å². The Labute approximate surface area is 118 Å². The van der Waals surface area contributed by atoms with Crippen LogP contribution >= 0.6 is 0 Å². The van der Waals surface area contributed by atoms with E-state index >= 15 is 0 Å². The molecule has 0 aromatic heterocycles. The SMILES string of the molecule is CC1(C)Cc2cccc(Oc3ccccc3C=O)c2O1. The molecule has 0 aliphatic carbocycles. The monoisotopic (exact) mass is 268 g/mol. The molecule has 0 N–H and O–H groups in total. The van der Waals surface area contributed by atoms with Crippen molar-refractivity contribution in [3.05, 3.63) is 53.6 Å². The van der Waals surface area contributed by atoms with Gasteiger partial charge in [-0.25, -0.2) is 0 Å². The number of ether oxygens (including phenoxy) is 2. The van der Waals surface area contributed by atoms with Crippen LogP contribution in [0.2, 0.25) is 0 Å². The van der Waals surface area contributed by atoms with E-state index in [4.69, 9.17) is 9.47 Å². The first-order valence-electron chi connectivity index (χ1n) is 6.62. The van der Waals surface area contributed by atoms with Gasteiger partial charge in [0, 0.05) is 12.0 Å². The molecule has 2 aromatic rings. The maximum Gasteiger partial charge on any atom is 0.169 e. The first kappa shape index (κ1) is 12.7. The lowest BCUT2D eigenvalue weighted by Gasteiger charge is -2.18. The molecule has 0 unspecified atom stereocenters. The molecule has 102 valence electrons. The highest BCUT2D eigenvalue weighted by Crippen LogP contribution is 2.43. The average molecular weight is 268 g/mol. The molecule has 1 aliphatic heterocycles. The van der Waals surface area contributed by atoms with Crippen molar-refractivity contribution in [1.29, 1.82) is 0 Å². The summed E-state index contributed by atoms with van der Waals surface area (Å²) in [4.78, 5) is 11.0. The van der Waals surface area contributed by atoms with Crippen molar-refractivity contribution >= 4 is 6.29 Å². The molecule has 3 heteroatoms. The molecule has 3 rings (SSSR count). The summed E-state index contributed by atoms with van der Waals surface area (Å²) in [6, 6.07) is 13.0. The number of carbonyl (C=O) groups is 1. The van der Waals surface area contributed by atoms with Gasteiger partial charge in [0.05, 0.1) is 5.56 Å². The van der Waals surface area contributed by atoms with Crippen LogP contribution in [-0.2, 0) is 6.42 Å². The van der Waals surface area contributed by atoms with E-state index in [1.165, 1.54) is 0 Å². The van der Waals surface area contributed by atoms with Gasteiger partial charge in [-0.3, -0.25) is 4.79 Å². The molecule has 0 bridgehead atoms. The Morgan fingerprint density at radius 3 is 2.65 bits per heavy atom. The average Bonchev–Trinajstić information content (AvgIpc) is 2.74. The molecular weight excluding hydrogens is 252 g/mol. The van der Waals surface area contributed by atoms with Gasteiger partial charge in [0.2, 0.25) is 0 Å². The second-order valence-corrected chi connectivity index (χ2v) is 5.54. The molecule has 0 fully saturated rings. The number of fused-ring (bicyclic) bond motifs is 1. The van der Waals surface area contributed by atoms with Crippen LogP contribution in [0.25, 0.3) is 0 Å². The van der Waals surface area contributed by atoms with Gasteiger partial charge >= 0.3 is 0 Å². The van der Waals surface area contributed by atoms with E-state index < -0.39 is 0 Å². The molecule has 0 spiro atoms. The fourth-order valence-electron chi connectivity index (χ4n) is 2.46. The molecule has 1 heterocycles. The Bertz CT molecular complexity index is 659. The third-order valence-electron chi connectivity index (χ3n) is 3.32. The lowest BCUT2D eigenvalue weighted by molar-refractivity contribution is 0.112. The minimum atomic E-state index is -0.216. The standard InChI is InChI=1S/C17H16O3/c1-17(2)10-12-7-5-9-15(16(12)20-17)19-14-8-4-3-6-13(14)11-18/h3-9,11H,10H2,1-2H3. The van der Waals surface area contributed by atoms with Crippen molar-refractivity contribution in [1.82, 2.24) is 0 Å². The summed E-state index contributed by atoms with van der Waals surface area (Å²) in [5.41, 5.74) is 1.45. The summed E-state index contributed by atoms with van der Waals surface area (Å²) in [6.07, 6.45) is 1.65. The van der Waals surface area contributed by atoms with Crippen LogP contribution in [0.5, 0.6) is 17.2 Å². The summed E-state index contributed by atoms with van der Waals surface area (Å²) in [7, 11) is 0. The lowest BCUT2D eigenvalue weighted by Crippen LogP contribution is -2.24. The zero-order valence-electron chi connectivity index (χ0n) is 11.6. The number of hydrogen-bond acceptors (Lipinski definition) is 3. The van der Waals surface area contributed by atoms with Gasteiger partial charge in [-0.05, 0) is 32.0 Å². The Balaban J connectivity index is 1.98. The molecule has 1 aliphatic rings. The molecule has 3 nitrogen and oxygen atoms in total. The molecule has 20 heavy (non-hydrogen) atoms. The van der Waals surface area contributed by atoms with Gasteiger partial charge in [-0.15, -0.1) is 0 Å². The van der Waals surface area contributed by atoms with Crippen molar-refractivity contribution < 1.29 is 14.3 Å². The number of aldehydes is 1. The van der Waals surface area contributed by atoms with Crippen LogP contribution in [0, 0.1) is 0 Å². The summed E-state index contributed by atoms with van der Waals surface area (Å²) >= 11 is 0. The third kappa shape index (κ3) is 2.27. The first-order valence-corrected chi connectivity index (χ1v) is 6.62. The van der Waals surface area contributed by atoms with Crippen molar-refractivity contribution in [2.45, 2.75) is 25.9 Å². The van der Waals surface area contributed by atoms with E-state index in [0.717, 1.165) is 24.0 Å². The molecule has 0 radical (unpaired) electrons. The van der Waals surface area contributed by atoms with E-state index in [-0.39, 0.29) is 5.60 Å². The molecule has 0 saturated carbocycles. The number of carbonyl (C=O) groups excluding carboxylic acids is 1. The van der Waals surface area contributed by atoms with Gasteiger partial charge in [-0.2, -0.15) is 0 Å². The highest BCUT2D eigenvalue weighted by atomic mass is 16.5. The summed E-state index contributed by atoms with van der Waals surface area (Å²) in [5.74, 6) is 1.98. The summed E-state index contributed by atoms with van der Waals surface area (Å²) in [6.45, 7) is 4.10. The zero-order chi connectivity index (χ0) is 14.2. The van der Waals surface area contributed by atoms with Crippen molar-refractivity contribution in [3.63, 3.8) is 0 Å². The highest BCUT2D eigenvalue weighted by molar-refractivity contribution is 5.79. The molecule has 0 amide bonds. The smallest absolute Gasteiger partial charge is 0.169 e. The largest absolute Gasteiger partial charge is 0.483 e. The second kappa shape index (κ2) is 4.67. The van der Waals surface area contributed by atoms with Gasteiger partial charge in [0.15, 0.2) is 17.8 Å². The number of rotatable bonds is 3.